The first-order valence-corrected chi connectivity index (χ1v) is 5.69. The Balaban J connectivity index is 2.07. The number of hydrazine groups is 1. The van der Waals surface area contributed by atoms with Gasteiger partial charge in [-0.3, -0.25) is 20.3 Å². The molecule has 1 fully saturated rings. The summed E-state index contributed by atoms with van der Waals surface area (Å²) in [4.78, 5) is 21.9. The van der Waals surface area contributed by atoms with Gasteiger partial charge in [0.2, 0.25) is 5.91 Å². The molecule has 18 heavy (non-hydrogen) atoms. The van der Waals surface area contributed by atoms with Crippen molar-refractivity contribution in [1.82, 2.24) is 10.9 Å². The molecular formula is C10H11ClN4O3. The minimum Gasteiger partial charge on any atom is -0.324 e. The molecule has 0 saturated carbocycles. The molecule has 0 spiro atoms. The number of carbonyl (C=O) groups is 1. The van der Waals surface area contributed by atoms with E-state index in [0.29, 0.717) is 12.2 Å². The molecule has 1 saturated heterocycles. The number of anilines is 1. The Morgan fingerprint density at radius 2 is 2.33 bits per heavy atom. The van der Waals surface area contributed by atoms with Gasteiger partial charge < -0.3 is 5.32 Å². The van der Waals surface area contributed by atoms with Crippen molar-refractivity contribution in [1.29, 1.82) is 0 Å². The Morgan fingerprint density at radius 1 is 1.56 bits per heavy atom. The van der Waals surface area contributed by atoms with Crippen LogP contribution >= 0.6 is 11.6 Å². The van der Waals surface area contributed by atoms with Crippen LogP contribution in [-0.4, -0.2) is 28.8 Å². The van der Waals surface area contributed by atoms with Crippen molar-refractivity contribution < 1.29 is 9.72 Å². The number of carbonyl (C=O) groups excluding carboxylic acids is 1. The predicted octanol–water partition coefficient (Wildman–Crippen LogP) is 0.617. The van der Waals surface area contributed by atoms with Gasteiger partial charge >= 0.3 is 0 Å². The van der Waals surface area contributed by atoms with Crippen molar-refractivity contribution in [3.05, 3.63) is 34.4 Å². The zero-order valence-corrected chi connectivity index (χ0v) is 9.98. The second-order valence-corrected chi connectivity index (χ2v) is 4.38. The third-order valence-corrected chi connectivity index (χ3v) is 2.93. The van der Waals surface area contributed by atoms with E-state index >= 15 is 0 Å². The number of nitrogens with zero attached hydrogens (tertiary/aromatic N) is 1. The van der Waals surface area contributed by atoms with Gasteiger partial charge in [0.25, 0.3) is 5.69 Å². The van der Waals surface area contributed by atoms with Crippen molar-refractivity contribution >= 4 is 28.9 Å². The number of amides is 1. The molecule has 1 amide bonds. The fourth-order valence-corrected chi connectivity index (χ4v) is 1.88. The summed E-state index contributed by atoms with van der Waals surface area (Å²) in [6, 6.07) is 5.17. The molecule has 0 radical (unpaired) electrons. The van der Waals surface area contributed by atoms with Gasteiger partial charge in [0, 0.05) is 24.4 Å². The second kappa shape index (κ2) is 5.30. The van der Waals surface area contributed by atoms with E-state index in [1.54, 1.807) is 6.07 Å². The molecule has 7 nitrogen and oxygen atoms in total. The number of benzene rings is 1. The molecule has 1 aromatic carbocycles. The molecule has 2 unspecified atom stereocenters. The zero-order chi connectivity index (χ0) is 13.1. The minimum absolute atomic E-state index is 0.0762. The summed E-state index contributed by atoms with van der Waals surface area (Å²) < 4.78 is 0. The van der Waals surface area contributed by atoms with Crippen LogP contribution in [0.25, 0.3) is 0 Å². The third-order valence-electron chi connectivity index (χ3n) is 2.52. The topological polar surface area (TPSA) is 96.3 Å². The number of non-ortho nitro benzene ring substituents is 1. The maximum Gasteiger partial charge on any atom is 0.271 e. The highest BCUT2D eigenvalue weighted by atomic mass is 35.5. The molecule has 0 aromatic heterocycles. The van der Waals surface area contributed by atoms with Gasteiger partial charge in [-0.25, -0.2) is 5.43 Å². The molecule has 2 atom stereocenters. The lowest BCUT2D eigenvalue weighted by Gasteiger charge is -2.13. The van der Waals surface area contributed by atoms with E-state index < -0.39 is 11.0 Å². The zero-order valence-electron chi connectivity index (χ0n) is 9.22. The first-order valence-electron chi connectivity index (χ1n) is 5.25. The summed E-state index contributed by atoms with van der Waals surface area (Å²) in [5, 5.41) is 12.8. The van der Waals surface area contributed by atoms with Crippen LogP contribution in [0.5, 0.6) is 0 Å². The number of hydrogen-bond acceptors (Lipinski definition) is 5. The van der Waals surface area contributed by atoms with Crippen LogP contribution in [0.15, 0.2) is 24.3 Å². The van der Waals surface area contributed by atoms with Crippen LogP contribution in [0.2, 0.25) is 0 Å². The van der Waals surface area contributed by atoms with Gasteiger partial charge in [0.05, 0.1) is 10.3 Å². The number of halogens is 1. The Hall–Kier alpha value is -1.70. The maximum atomic E-state index is 11.8. The molecule has 8 heteroatoms. The molecule has 1 aliphatic heterocycles. The number of hydrogen-bond donors (Lipinski definition) is 3. The van der Waals surface area contributed by atoms with E-state index in [1.807, 2.05) is 0 Å². The van der Waals surface area contributed by atoms with Crippen LogP contribution in [-0.2, 0) is 4.79 Å². The normalized spacial score (nSPS) is 22.7. The predicted molar refractivity (Wildman–Crippen MR) is 66.3 cm³/mol. The van der Waals surface area contributed by atoms with E-state index in [0.717, 1.165) is 0 Å². The van der Waals surface area contributed by atoms with Gasteiger partial charge in [-0.15, -0.1) is 11.6 Å². The van der Waals surface area contributed by atoms with Gasteiger partial charge in [-0.05, 0) is 6.07 Å². The average molecular weight is 271 g/mol. The smallest absolute Gasteiger partial charge is 0.271 e. The first kappa shape index (κ1) is 12.7. The van der Waals surface area contributed by atoms with Crippen LogP contribution in [0, 0.1) is 10.1 Å². The Morgan fingerprint density at radius 3 is 2.94 bits per heavy atom. The minimum atomic E-state index is -0.564. The molecule has 0 aliphatic carbocycles. The van der Waals surface area contributed by atoms with Crippen molar-refractivity contribution in [3.8, 4) is 0 Å². The van der Waals surface area contributed by atoms with E-state index in [-0.39, 0.29) is 17.0 Å². The lowest BCUT2D eigenvalue weighted by Crippen LogP contribution is -2.42. The van der Waals surface area contributed by atoms with Crippen LogP contribution in [0.1, 0.15) is 0 Å². The SMILES string of the molecule is O=C(Nc1cccc([N+](=O)[O-])c1)C1NNCC1Cl. The Kier molecular flexibility index (Phi) is 3.75. The maximum absolute atomic E-state index is 11.8. The lowest BCUT2D eigenvalue weighted by atomic mass is 10.2. The van der Waals surface area contributed by atoms with Crippen molar-refractivity contribution in [3.63, 3.8) is 0 Å². The standard InChI is InChI=1S/C10H11ClN4O3/c11-8-5-12-14-9(8)10(16)13-6-2-1-3-7(4-6)15(17)18/h1-4,8-9,12,14H,5H2,(H,13,16). The number of nitro benzene ring substituents is 1. The van der Waals surface area contributed by atoms with E-state index in [1.165, 1.54) is 18.2 Å². The summed E-state index contributed by atoms with van der Waals surface area (Å²) >= 11 is 5.93. The summed E-state index contributed by atoms with van der Waals surface area (Å²) in [5.41, 5.74) is 5.79. The second-order valence-electron chi connectivity index (χ2n) is 3.82. The summed E-state index contributed by atoms with van der Waals surface area (Å²) in [5.74, 6) is -0.333. The van der Waals surface area contributed by atoms with E-state index in [9.17, 15) is 14.9 Å². The van der Waals surface area contributed by atoms with Gasteiger partial charge in [0.1, 0.15) is 6.04 Å². The summed E-state index contributed by atoms with van der Waals surface area (Å²) in [7, 11) is 0. The van der Waals surface area contributed by atoms with Crippen molar-refractivity contribution in [2.75, 3.05) is 11.9 Å². The molecule has 1 aliphatic rings. The highest BCUT2D eigenvalue weighted by Gasteiger charge is 2.31. The number of alkyl halides is 1. The highest BCUT2D eigenvalue weighted by molar-refractivity contribution is 6.23. The van der Waals surface area contributed by atoms with Gasteiger partial charge in [-0.1, -0.05) is 6.07 Å². The molecule has 3 N–H and O–H groups in total. The fraction of sp³-hybridized carbons (Fsp3) is 0.300. The van der Waals surface area contributed by atoms with Crippen molar-refractivity contribution in [2.45, 2.75) is 11.4 Å². The number of nitrogens with one attached hydrogen (secondary N) is 3. The van der Waals surface area contributed by atoms with E-state index in [4.69, 9.17) is 11.6 Å². The van der Waals surface area contributed by atoms with Gasteiger partial charge in [0.15, 0.2) is 0 Å². The molecular weight excluding hydrogens is 260 g/mol. The lowest BCUT2D eigenvalue weighted by molar-refractivity contribution is -0.384. The quantitative estimate of drug-likeness (QED) is 0.425. The molecule has 1 heterocycles. The largest absolute Gasteiger partial charge is 0.324 e. The fourth-order valence-electron chi connectivity index (χ4n) is 1.62. The molecule has 2 rings (SSSR count). The van der Waals surface area contributed by atoms with E-state index in [2.05, 4.69) is 16.2 Å². The van der Waals surface area contributed by atoms with Crippen LogP contribution < -0.4 is 16.2 Å². The molecule has 0 bridgehead atoms. The molecule has 96 valence electrons. The number of rotatable bonds is 3. The van der Waals surface area contributed by atoms with Crippen LogP contribution in [0.3, 0.4) is 0 Å². The van der Waals surface area contributed by atoms with Crippen LogP contribution in [0.4, 0.5) is 11.4 Å². The number of nitro groups is 1. The Bertz CT molecular complexity index is 482. The van der Waals surface area contributed by atoms with Gasteiger partial charge in [-0.2, -0.15) is 0 Å². The monoisotopic (exact) mass is 270 g/mol. The third kappa shape index (κ3) is 2.76. The highest BCUT2D eigenvalue weighted by Crippen LogP contribution is 2.18. The Labute approximate surface area is 108 Å². The average Bonchev–Trinajstić information content (AvgIpc) is 2.76. The summed E-state index contributed by atoms with van der Waals surface area (Å²) in [6.45, 7) is 0.481. The summed E-state index contributed by atoms with van der Waals surface area (Å²) in [6.07, 6.45) is 0. The molecule has 1 aromatic rings. The van der Waals surface area contributed by atoms with Crippen molar-refractivity contribution in [2.24, 2.45) is 0 Å². The first-order chi connectivity index (χ1) is 8.58.